The minimum Gasteiger partial charge on any atom is -0.438 e. The number of hydrogen-bond donors (Lipinski definition) is 2. The van der Waals surface area contributed by atoms with Crippen LogP contribution in [-0.4, -0.2) is 32.2 Å². The Bertz CT molecular complexity index is 1150. The Morgan fingerprint density at radius 2 is 1.90 bits per heavy atom. The van der Waals surface area contributed by atoms with Crippen LogP contribution in [0.15, 0.2) is 61.1 Å². The number of thiazole rings is 1. The van der Waals surface area contributed by atoms with E-state index in [1.807, 2.05) is 42.5 Å². The lowest BCUT2D eigenvalue weighted by Crippen LogP contribution is -2.36. The molecule has 0 saturated heterocycles. The van der Waals surface area contributed by atoms with Gasteiger partial charge in [-0.25, -0.2) is 9.97 Å². The van der Waals surface area contributed by atoms with E-state index in [1.165, 1.54) is 0 Å². The van der Waals surface area contributed by atoms with E-state index in [-0.39, 0.29) is 12.1 Å². The Balaban J connectivity index is 1.39. The van der Waals surface area contributed by atoms with Gasteiger partial charge in [-0.2, -0.15) is 0 Å². The van der Waals surface area contributed by atoms with Gasteiger partial charge in [-0.05, 0) is 54.8 Å². The van der Waals surface area contributed by atoms with Crippen LogP contribution in [0.1, 0.15) is 25.7 Å². The number of anilines is 1. The summed E-state index contributed by atoms with van der Waals surface area (Å²) in [5, 5.41) is 14.5. The van der Waals surface area contributed by atoms with Crippen molar-refractivity contribution in [1.82, 2.24) is 15.0 Å². The lowest BCUT2D eigenvalue weighted by Gasteiger charge is -2.27. The van der Waals surface area contributed by atoms with Gasteiger partial charge in [0.1, 0.15) is 5.75 Å². The number of ether oxygens (including phenoxy) is 1. The number of nitrogens with one attached hydrogen (secondary N) is 1. The highest BCUT2D eigenvalue weighted by atomic mass is 32.1. The minimum absolute atomic E-state index is 0.0754. The molecule has 30 heavy (non-hydrogen) atoms. The molecule has 3 heterocycles. The van der Waals surface area contributed by atoms with Crippen molar-refractivity contribution in [2.75, 3.05) is 5.32 Å². The monoisotopic (exact) mass is 418 g/mol. The summed E-state index contributed by atoms with van der Waals surface area (Å²) in [4.78, 5) is 13.2. The van der Waals surface area contributed by atoms with Gasteiger partial charge in [-0.15, -0.1) is 0 Å². The van der Waals surface area contributed by atoms with E-state index in [1.54, 1.807) is 29.9 Å². The third-order valence-corrected chi connectivity index (χ3v) is 6.32. The largest absolute Gasteiger partial charge is 0.438 e. The molecule has 1 aromatic carbocycles. The summed E-state index contributed by atoms with van der Waals surface area (Å²) < 4.78 is 7.16. The predicted molar refractivity (Wildman–Crippen MR) is 119 cm³/mol. The minimum atomic E-state index is -0.305. The summed E-state index contributed by atoms with van der Waals surface area (Å²) >= 11 is 1.58. The Kier molecular flexibility index (Phi) is 5.29. The first kappa shape index (κ1) is 19.0. The topological polar surface area (TPSA) is 80.2 Å². The zero-order valence-corrected chi connectivity index (χ0v) is 17.2. The molecule has 4 aromatic rings. The molecular formula is C23H22N4O2S. The van der Waals surface area contributed by atoms with Crippen LogP contribution in [0.25, 0.3) is 21.3 Å². The Labute approximate surface area is 178 Å². The molecule has 0 radical (unpaired) electrons. The van der Waals surface area contributed by atoms with Crippen LogP contribution >= 0.6 is 11.3 Å². The maximum absolute atomic E-state index is 10.2. The fourth-order valence-corrected chi connectivity index (χ4v) is 4.76. The zero-order valence-electron chi connectivity index (χ0n) is 16.4. The maximum atomic E-state index is 10.2. The maximum Gasteiger partial charge on any atom is 0.227 e. The molecular weight excluding hydrogens is 396 g/mol. The second-order valence-electron chi connectivity index (χ2n) is 7.45. The zero-order chi connectivity index (χ0) is 20.3. The van der Waals surface area contributed by atoms with Crippen LogP contribution in [0.4, 0.5) is 5.13 Å². The van der Waals surface area contributed by atoms with Gasteiger partial charge < -0.3 is 15.2 Å². The van der Waals surface area contributed by atoms with Crippen molar-refractivity contribution < 1.29 is 9.84 Å². The molecule has 0 unspecified atom stereocenters. The normalized spacial score (nSPS) is 19.0. The molecule has 2 atom stereocenters. The van der Waals surface area contributed by atoms with E-state index in [2.05, 4.69) is 20.3 Å². The van der Waals surface area contributed by atoms with E-state index in [4.69, 9.17) is 4.74 Å². The fraction of sp³-hybridized carbons (Fsp3) is 0.261. The van der Waals surface area contributed by atoms with Crippen LogP contribution in [0.5, 0.6) is 11.6 Å². The third-order valence-electron chi connectivity index (χ3n) is 5.38. The van der Waals surface area contributed by atoms with Gasteiger partial charge in [-0.1, -0.05) is 24.2 Å². The van der Waals surface area contributed by atoms with Gasteiger partial charge in [0.05, 0.1) is 22.4 Å². The second-order valence-corrected chi connectivity index (χ2v) is 8.48. The van der Waals surface area contributed by atoms with Crippen molar-refractivity contribution in [3.63, 3.8) is 0 Å². The van der Waals surface area contributed by atoms with Gasteiger partial charge >= 0.3 is 0 Å². The van der Waals surface area contributed by atoms with E-state index in [0.717, 1.165) is 52.2 Å². The highest BCUT2D eigenvalue weighted by molar-refractivity contribution is 7.22. The molecule has 5 rings (SSSR count). The SMILES string of the molecule is O[C@@H]1CCCC[C@H]1Nc1nc2ccc(Oc3ncccc3-c3ccncc3)cc2s1. The van der Waals surface area contributed by atoms with Crippen LogP contribution in [-0.2, 0) is 0 Å². The van der Waals surface area contributed by atoms with Gasteiger partial charge in [-0.3, -0.25) is 4.98 Å². The molecule has 3 aromatic heterocycles. The number of aliphatic hydroxyl groups excluding tert-OH is 1. The molecule has 0 spiro atoms. The highest BCUT2D eigenvalue weighted by Crippen LogP contribution is 2.35. The summed E-state index contributed by atoms with van der Waals surface area (Å²) in [5.41, 5.74) is 2.83. The molecule has 0 amide bonds. The average molecular weight is 419 g/mol. The first-order valence-electron chi connectivity index (χ1n) is 10.1. The van der Waals surface area contributed by atoms with Crippen LogP contribution < -0.4 is 10.1 Å². The summed E-state index contributed by atoms with van der Waals surface area (Å²) in [7, 11) is 0. The van der Waals surface area contributed by atoms with Crippen LogP contribution in [0.3, 0.4) is 0 Å². The number of aromatic nitrogens is 3. The number of pyridine rings is 2. The molecule has 1 aliphatic carbocycles. The van der Waals surface area contributed by atoms with Gasteiger partial charge in [0, 0.05) is 30.2 Å². The molecule has 1 fully saturated rings. The Hall–Kier alpha value is -3.03. The Morgan fingerprint density at radius 3 is 2.77 bits per heavy atom. The predicted octanol–water partition coefficient (Wildman–Crippen LogP) is 5.26. The number of hydrogen-bond acceptors (Lipinski definition) is 7. The van der Waals surface area contributed by atoms with E-state index >= 15 is 0 Å². The molecule has 0 aliphatic heterocycles. The molecule has 0 bridgehead atoms. The summed E-state index contributed by atoms with van der Waals surface area (Å²) in [6.45, 7) is 0. The van der Waals surface area contributed by atoms with Crippen molar-refractivity contribution in [2.45, 2.75) is 37.8 Å². The number of benzene rings is 1. The van der Waals surface area contributed by atoms with Crippen LogP contribution in [0.2, 0.25) is 0 Å². The average Bonchev–Trinajstić information content (AvgIpc) is 3.18. The standard InChI is InChI=1S/C23H22N4O2S/c28-20-6-2-1-5-18(20)26-23-27-19-8-7-16(14-21(19)30-23)29-22-17(4-3-11-25-22)15-9-12-24-13-10-15/h3-4,7-14,18,20,28H,1-2,5-6H2,(H,26,27)/t18-,20-/m1/s1. The van der Waals surface area contributed by atoms with Crippen molar-refractivity contribution in [1.29, 1.82) is 0 Å². The molecule has 1 saturated carbocycles. The molecule has 6 nitrogen and oxygen atoms in total. The van der Waals surface area contributed by atoms with Gasteiger partial charge in [0.2, 0.25) is 5.88 Å². The summed E-state index contributed by atoms with van der Waals surface area (Å²) in [5.74, 6) is 1.26. The van der Waals surface area contributed by atoms with Crippen molar-refractivity contribution in [2.24, 2.45) is 0 Å². The Morgan fingerprint density at radius 1 is 1.03 bits per heavy atom. The number of aliphatic hydroxyl groups is 1. The number of fused-ring (bicyclic) bond motifs is 1. The third kappa shape index (κ3) is 3.99. The van der Waals surface area contributed by atoms with Crippen molar-refractivity contribution >= 4 is 26.7 Å². The molecule has 1 aliphatic rings. The number of rotatable bonds is 5. The quantitative estimate of drug-likeness (QED) is 0.460. The van der Waals surface area contributed by atoms with E-state index < -0.39 is 0 Å². The summed E-state index contributed by atoms with van der Waals surface area (Å²) in [6.07, 6.45) is 8.99. The summed E-state index contributed by atoms with van der Waals surface area (Å²) in [6, 6.07) is 13.7. The lowest BCUT2D eigenvalue weighted by molar-refractivity contribution is 0.116. The fourth-order valence-electron chi connectivity index (χ4n) is 3.80. The molecule has 152 valence electrons. The smallest absolute Gasteiger partial charge is 0.227 e. The van der Waals surface area contributed by atoms with E-state index in [0.29, 0.717) is 11.6 Å². The highest BCUT2D eigenvalue weighted by Gasteiger charge is 2.23. The number of nitrogens with zero attached hydrogens (tertiary/aromatic N) is 3. The molecule has 2 N–H and O–H groups in total. The van der Waals surface area contributed by atoms with Gasteiger partial charge in [0.15, 0.2) is 5.13 Å². The first-order valence-corrected chi connectivity index (χ1v) is 11.0. The lowest BCUT2D eigenvalue weighted by atomic mass is 9.93. The van der Waals surface area contributed by atoms with Crippen molar-refractivity contribution in [3.05, 3.63) is 61.1 Å². The van der Waals surface area contributed by atoms with Gasteiger partial charge in [0.25, 0.3) is 0 Å². The van der Waals surface area contributed by atoms with E-state index in [9.17, 15) is 5.11 Å². The van der Waals surface area contributed by atoms with Crippen LogP contribution in [0, 0.1) is 0 Å². The first-order chi connectivity index (χ1) is 14.8. The van der Waals surface area contributed by atoms with Crippen molar-refractivity contribution in [3.8, 4) is 22.8 Å². The second kappa shape index (κ2) is 8.38. The molecule has 7 heteroatoms.